The van der Waals surface area contributed by atoms with Gasteiger partial charge in [-0.15, -0.1) is 0 Å². The van der Waals surface area contributed by atoms with Crippen LogP contribution in [0.2, 0.25) is 0 Å². The van der Waals surface area contributed by atoms with Crippen molar-refractivity contribution in [2.45, 2.75) is 19.4 Å². The zero-order valence-corrected chi connectivity index (χ0v) is 15.6. The lowest BCUT2D eigenvalue weighted by atomic mass is 10.2. The van der Waals surface area contributed by atoms with Crippen LogP contribution in [0.25, 0.3) is 0 Å². The van der Waals surface area contributed by atoms with Gasteiger partial charge in [0.2, 0.25) is 10.0 Å². The molecule has 0 fully saturated rings. The van der Waals surface area contributed by atoms with Gasteiger partial charge >= 0.3 is 0 Å². The molecule has 2 aromatic carbocycles. The zero-order chi connectivity index (χ0) is 19.3. The molecule has 8 heteroatoms. The summed E-state index contributed by atoms with van der Waals surface area (Å²) in [7, 11) is -1.91. The first-order chi connectivity index (χ1) is 12.2. The molecule has 0 saturated heterocycles. The molecule has 1 amide bonds. The summed E-state index contributed by atoms with van der Waals surface area (Å²) < 4.78 is 43.5. The van der Waals surface area contributed by atoms with Crippen LogP contribution in [-0.2, 0) is 14.8 Å². The Morgan fingerprint density at radius 2 is 1.81 bits per heavy atom. The van der Waals surface area contributed by atoms with Crippen LogP contribution >= 0.6 is 0 Å². The van der Waals surface area contributed by atoms with E-state index in [2.05, 4.69) is 5.32 Å². The number of carbonyl (C=O) groups is 1. The maximum Gasteiger partial charge on any atom is 0.265 e. The molecule has 0 aliphatic carbocycles. The van der Waals surface area contributed by atoms with Crippen LogP contribution in [0.15, 0.2) is 48.5 Å². The molecule has 2 aromatic rings. The standard InChI is InChI=1S/C18H21FN2O4S/c1-4-17(18(22)20-16-8-6-5-7-15(16)19)25-14-11-9-13(10-12-14)21(2)26(3,23)24/h5-12,17H,4H2,1-3H3,(H,20,22). The van der Waals surface area contributed by atoms with Gasteiger partial charge in [0.15, 0.2) is 6.10 Å². The second-order valence-electron chi connectivity index (χ2n) is 5.71. The third kappa shape index (κ3) is 4.95. The second-order valence-corrected chi connectivity index (χ2v) is 7.72. The average molecular weight is 380 g/mol. The highest BCUT2D eigenvalue weighted by Crippen LogP contribution is 2.22. The van der Waals surface area contributed by atoms with E-state index in [1.807, 2.05) is 0 Å². The zero-order valence-electron chi connectivity index (χ0n) is 14.8. The van der Waals surface area contributed by atoms with E-state index in [0.29, 0.717) is 17.9 Å². The summed E-state index contributed by atoms with van der Waals surface area (Å²) in [4.78, 5) is 12.3. The summed E-state index contributed by atoms with van der Waals surface area (Å²) >= 11 is 0. The molecule has 0 heterocycles. The molecule has 0 spiro atoms. The monoisotopic (exact) mass is 380 g/mol. The quantitative estimate of drug-likeness (QED) is 0.801. The van der Waals surface area contributed by atoms with Crippen LogP contribution in [0.1, 0.15) is 13.3 Å². The number of para-hydroxylation sites is 1. The Morgan fingerprint density at radius 3 is 2.35 bits per heavy atom. The van der Waals surface area contributed by atoms with Crippen LogP contribution in [0.4, 0.5) is 15.8 Å². The molecule has 0 saturated carbocycles. The number of benzene rings is 2. The number of anilines is 2. The van der Waals surface area contributed by atoms with Gasteiger partial charge in [-0.05, 0) is 42.8 Å². The fourth-order valence-electron chi connectivity index (χ4n) is 2.19. The fourth-order valence-corrected chi connectivity index (χ4v) is 2.69. The molecule has 0 aliphatic heterocycles. The minimum Gasteiger partial charge on any atom is -0.481 e. The lowest BCUT2D eigenvalue weighted by Gasteiger charge is -2.19. The molecule has 26 heavy (non-hydrogen) atoms. The van der Waals surface area contributed by atoms with E-state index in [4.69, 9.17) is 4.74 Å². The van der Waals surface area contributed by atoms with Crippen molar-refractivity contribution in [3.8, 4) is 5.75 Å². The molecule has 1 unspecified atom stereocenters. The molecule has 0 bridgehead atoms. The van der Waals surface area contributed by atoms with Crippen molar-refractivity contribution in [3.63, 3.8) is 0 Å². The second kappa shape index (κ2) is 8.18. The smallest absolute Gasteiger partial charge is 0.265 e. The van der Waals surface area contributed by atoms with Gasteiger partial charge in [0.25, 0.3) is 5.91 Å². The fraction of sp³-hybridized carbons (Fsp3) is 0.278. The van der Waals surface area contributed by atoms with Gasteiger partial charge in [-0.1, -0.05) is 19.1 Å². The molecule has 2 rings (SSSR count). The summed E-state index contributed by atoms with van der Waals surface area (Å²) in [5.41, 5.74) is 0.563. The average Bonchev–Trinajstić information content (AvgIpc) is 2.60. The molecule has 1 atom stereocenters. The number of nitrogens with one attached hydrogen (secondary N) is 1. The Balaban J connectivity index is 2.07. The van der Waals surface area contributed by atoms with Crippen LogP contribution in [0.3, 0.4) is 0 Å². The largest absolute Gasteiger partial charge is 0.481 e. The first-order valence-corrected chi connectivity index (χ1v) is 9.83. The van der Waals surface area contributed by atoms with Crippen molar-refractivity contribution >= 4 is 27.3 Å². The summed E-state index contributed by atoms with van der Waals surface area (Å²) in [5, 5.41) is 2.50. The van der Waals surface area contributed by atoms with Crippen molar-refractivity contribution in [2.75, 3.05) is 22.9 Å². The predicted octanol–water partition coefficient (Wildman–Crippen LogP) is 3.02. The van der Waals surface area contributed by atoms with E-state index in [1.54, 1.807) is 37.3 Å². The summed E-state index contributed by atoms with van der Waals surface area (Å²) in [6, 6.07) is 12.2. The molecule has 1 N–H and O–H groups in total. The molecule has 0 aliphatic rings. The number of sulfonamides is 1. The molecule has 0 radical (unpaired) electrons. The van der Waals surface area contributed by atoms with Gasteiger partial charge in [0, 0.05) is 7.05 Å². The van der Waals surface area contributed by atoms with Gasteiger partial charge in [-0.25, -0.2) is 12.8 Å². The number of rotatable bonds is 7. The van der Waals surface area contributed by atoms with Crippen molar-refractivity contribution in [3.05, 3.63) is 54.3 Å². The number of nitrogens with zero attached hydrogens (tertiary/aromatic N) is 1. The molecule has 0 aromatic heterocycles. The van der Waals surface area contributed by atoms with E-state index in [1.165, 1.54) is 25.2 Å². The number of amides is 1. The topological polar surface area (TPSA) is 75.7 Å². The Kier molecular flexibility index (Phi) is 6.20. The number of hydrogen-bond donors (Lipinski definition) is 1. The van der Waals surface area contributed by atoms with Gasteiger partial charge in [-0.2, -0.15) is 0 Å². The van der Waals surface area contributed by atoms with Crippen molar-refractivity contribution in [1.82, 2.24) is 0 Å². The highest BCUT2D eigenvalue weighted by molar-refractivity contribution is 7.92. The van der Waals surface area contributed by atoms with E-state index in [9.17, 15) is 17.6 Å². The highest BCUT2D eigenvalue weighted by atomic mass is 32.2. The van der Waals surface area contributed by atoms with Gasteiger partial charge in [-0.3, -0.25) is 9.10 Å². The lowest BCUT2D eigenvalue weighted by molar-refractivity contribution is -0.122. The summed E-state index contributed by atoms with van der Waals surface area (Å²) in [5.74, 6) is -0.579. The van der Waals surface area contributed by atoms with E-state index < -0.39 is 27.9 Å². The third-order valence-corrected chi connectivity index (χ3v) is 4.98. The Labute approximate surface area is 152 Å². The maximum atomic E-state index is 13.7. The SMILES string of the molecule is CCC(Oc1ccc(N(C)S(C)(=O)=O)cc1)C(=O)Nc1ccccc1F. The molecular weight excluding hydrogens is 359 g/mol. The number of hydrogen-bond acceptors (Lipinski definition) is 4. The maximum absolute atomic E-state index is 13.7. The summed E-state index contributed by atoms with van der Waals surface area (Å²) in [6.45, 7) is 1.78. The first kappa shape index (κ1) is 19.7. The van der Waals surface area contributed by atoms with Crippen molar-refractivity contribution in [2.24, 2.45) is 0 Å². The number of ether oxygens (including phenoxy) is 1. The lowest BCUT2D eigenvalue weighted by Crippen LogP contribution is -2.32. The van der Waals surface area contributed by atoms with Gasteiger partial charge in [0.1, 0.15) is 11.6 Å². The van der Waals surface area contributed by atoms with Crippen LogP contribution in [-0.4, -0.2) is 33.7 Å². The third-order valence-electron chi connectivity index (χ3n) is 3.77. The Bertz CT molecular complexity index is 869. The Hall–Kier alpha value is -2.61. The van der Waals surface area contributed by atoms with Crippen LogP contribution in [0, 0.1) is 5.82 Å². The molecule has 6 nitrogen and oxygen atoms in total. The minimum atomic E-state index is -3.36. The highest BCUT2D eigenvalue weighted by Gasteiger charge is 2.20. The normalized spacial score (nSPS) is 12.3. The molecular formula is C18H21FN2O4S. The van der Waals surface area contributed by atoms with Gasteiger partial charge in [0.05, 0.1) is 17.6 Å². The van der Waals surface area contributed by atoms with Crippen LogP contribution < -0.4 is 14.4 Å². The number of carbonyl (C=O) groups excluding carboxylic acids is 1. The first-order valence-electron chi connectivity index (χ1n) is 7.98. The Morgan fingerprint density at radius 1 is 1.19 bits per heavy atom. The van der Waals surface area contributed by atoms with E-state index >= 15 is 0 Å². The predicted molar refractivity (Wildman–Crippen MR) is 99.4 cm³/mol. The number of halogens is 1. The van der Waals surface area contributed by atoms with Gasteiger partial charge < -0.3 is 10.1 Å². The van der Waals surface area contributed by atoms with E-state index in [-0.39, 0.29) is 5.69 Å². The van der Waals surface area contributed by atoms with Crippen LogP contribution in [0.5, 0.6) is 5.75 Å². The minimum absolute atomic E-state index is 0.0877. The van der Waals surface area contributed by atoms with E-state index in [0.717, 1.165) is 10.6 Å². The van der Waals surface area contributed by atoms with Crippen molar-refractivity contribution < 1.29 is 22.3 Å². The summed E-state index contributed by atoms with van der Waals surface area (Å²) in [6.07, 6.45) is 0.677. The molecule has 140 valence electrons. The van der Waals surface area contributed by atoms with Crippen molar-refractivity contribution in [1.29, 1.82) is 0 Å².